The monoisotopic (exact) mass is 298 g/mol. The summed E-state index contributed by atoms with van der Waals surface area (Å²) in [4.78, 5) is 6.24. The second-order valence-electron chi connectivity index (χ2n) is 6.11. The van der Waals surface area contributed by atoms with Gasteiger partial charge in [-0.25, -0.2) is 4.98 Å². The zero-order valence-electron chi connectivity index (χ0n) is 13.9. The summed E-state index contributed by atoms with van der Waals surface area (Å²) in [6.07, 6.45) is 2.21. The number of rotatable bonds is 9. The molecule has 0 aliphatic rings. The Labute approximate surface area is 128 Å². The lowest BCUT2D eigenvalue weighted by atomic mass is 10.1. The van der Waals surface area contributed by atoms with E-state index in [1.165, 1.54) is 10.6 Å². The fourth-order valence-electron chi connectivity index (χ4n) is 2.13. The zero-order chi connectivity index (χ0) is 15.2. The van der Waals surface area contributed by atoms with E-state index < -0.39 is 0 Å². The molecule has 20 heavy (non-hydrogen) atoms. The van der Waals surface area contributed by atoms with Crippen molar-refractivity contribution in [1.29, 1.82) is 0 Å². The average molecular weight is 298 g/mol. The maximum Gasteiger partial charge on any atom is 0.125 e. The molecular formula is C16H30N2OS. The van der Waals surface area contributed by atoms with Crippen LogP contribution in [0.2, 0.25) is 0 Å². The quantitative estimate of drug-likeness (QED) is 0.697. The maximum absolute atomic E-state index is 5.84. The number of thiazole rings is 1. The number of ether oxygens (including phenoxy) is 1. The van der Waals surface area contributed by atoms with Crippen molar-refractivity contribution in [2.45, 2.75) is 66.5 Å². The number of nitrogens with one attached hydrogen (secondary N) is 1. The second-order valence-corrected chi connectivity index (χ2v) is 7.19. The smallest absolute Gasteiger partial charge is 0.125 e. The van der Waals surface area contributed by atoms with E-state index in [4.69, 9.17) is 9.72 Å². The molecule has 1 N–H and O–H groups in total. The van der Waals surface area contributed by atoms with E-state index in [2.05, 4.69) is 39.9 Å². The van der Waals surface area contributed by atoms with Gasteiger partial charge in [-0.2, -0.15) is 0 Å². The van der Waals surface area contributed by atoms with Crippen molar-refractivity contribution >= 4 is 11.3 Å². The second kappa shape index (κ2) is 8.11. The van der Waals surface area contributed by atoms with Crippen molar-refractivity contribution in [2.24, 2.45) is 5.92 Å². The molecule has 116 valence electrons. The van der Waals surface area contributed by atoms with Crippen molar-refractivity contribution in [3.63, 3.8) is 0 Å². The molecule has 0 fully saturated rings. The summed E-state index contributed by atoms with van der Waals surface area (Å²) in [6.45, 7) is 15.6. The molecular weight excluding hydrogens is 268 g/mol. The fourth-order valence-corrected chi connectivity index (χ4v) is 3.24. The number of hydrogen-bond donors (Lipinski definition) is 1. The first-order valence-corrected chi connectivity index (χ1v) is 8.56. The highest BCUT2D eigenvalue weighted by atomic mass is 32.1. The molecule has 0 aliphatic heterocycles. The third-order valence-corrected chi connectivity index (χ3v) is 4.51. The third-order valence-electron chi connectivity index (χ3n) is 3.11. The van der Waals surface area contributed by atoms with Gasteiger partial charge in [-0.1, -0.05) is 20.8 Å². The molecule has 3 nitrogen and oxygen atoms in total. The summed E-state index contributed by atoms with van der Waals surface area (Å²) in [7, 11) is 0. The molecule has 0 radical (unpaired) electrons. The van der Waals surface area contributed by atoms with Crippen molar-refractivity contribution in [1.82, 2.24) is 10.3 Å². The van der Waals surface area contributed by atoms with Crippen LogP contribution < -0.4 is 5.32 Å². The largest absolute Gasteiger partial charge is 0.369 e. The van der Waals surface area contributed by atoms with Crippen LogP contribution in [0, 0.1) is 5.92 Å². The van der Waals surface area contributed by atoms with Gasteiger partial charge in [0.15, 0.2) is 0 Å². The highest BCUT2D eigenvalue weighted by Gasteiger charge is 2.26. The maximum atomic E-state index is 5.84. The minimum absolute atomic E-state index is 0.284. The molecule has 4 heteroatoms. The summed E-state index contributed by atoms with van der Waals surface area (Å²) in [5.41, 5.74) is 0.963. The average Bonchev–Trinajstić information content (AvgIpc) is 2.73. The molecule has 0 aliphatic carbocycles. The molecule has 0 saturated heterocycles. The van der Waals surface area contributed by atoms with E-state index in [0.29, 0.717) is 5.92 Å². The van der Waals surface area contributed by atoms with Gasteiger partial charge in [-0.3, -0.25) is 0 Å². The molecule has 0 unspecified atom stereocenters. The van der Waals surface area contributed by atoms with Gasteiger partial charge >= 0.3 is 0 Å². The summed E-state index contributed by atoms with van der Waals surface area (Å²) in [6, 6.07) is 0. The molecule has 1 aromatic heterocycles. The van der Waals surface area contributed by atoms with E-state index in [0.717, 1.165) is 37.5 Å². The number of hydrogen-bond acceptors (Lipinski definition) is 4. The third kappa shape index (κ3) is 5.15. The first-order valence-electron chi connectivity index (χ1n) is 7.74. The van der Waals surface area contributed by atoms with Crippen molar-refractivity contribution in [3.8, 4) is 0 Å². The van der Waals surface area contributed by atoms with Gasteiger partial charge in [-0.05, 0) is 46.1 Å². The molecule has 0 aromatic carbocycles. The molecule has 0 saturated carbocycles. The van der Waals surface area contributed by atoms with E-state index >= 15 is 0 Å². The summed E-state index contributed by atoms with van der Waals surface area (Å²) >= 11 is 1.80. The zero-order valence-corrected chi connectivity index (χ0v) is 14.7. The molecule has 1 heterocycles. The van der Waals surface area contributed by atoms with Crippen LogP contribution in [0.15, 0.2) is 0 Å². The minimum atomic E-state index is -0.284. The first kappa shape index (κ1) is 17.6. The predicted molar refractivity (Wildman–Crippen MR) is 87.3 cm³/mol. The van der Waals surface area contributed by atoms with Crippen LogP contribution in [0.1, 0.15) is 63.5 Å². The highest BCUT2D eigenvalue weighted by Crippen LogP contribution is 2.31. The Balaban J connectivity index is 2.92. The predicted octanol–water partition coefficient (Wildman–Crippen LogP) is 4.11. The van der Waals surface area contributed by atoms with Crippen LogP contribution in [0.4, 0.5) is 0 Å². The lowest BCUT2D eigenvalue weighted by molar-refractivity contribution is -0.0142. The normalized spacial score (nSPS) is 12.3. The molecule has 0 amide bonds. The first-order chi connectivity index (χ1) is 9.40. The SMILES string of the molecule is CCCNCc1sc(C(C)(C)OCC)nc1CC(C)C. The van der Waals surface area contributed by atoms with Crippen LogP contribution in [-0.2, 0) is 23.3 Å². The van der Waals surface area contributed by atoms with Crippen LogP contribution in [0.3, 0.4) is 0 Å². The van der Waals surface area contributed by atoms with Crippen molar-refractivity contribution in [3.05, 3.63) is 15.6 Å². The van der Waals surface area contributed by atoms with Gasteiger partial charge in [0, 0.05) is 18.0 Å². The van der Waals surface area contributed by atoms with Crippen LogP contribution in [0.25, 0.3) is 0 Å². The van der Waals surface area contributed by atoms with Crippen LogP contribution in [-0.4, -0.2) is 18.1 Å². The van der Waals surface area contributed by atoms with E-state index in [9.17, 15) is 0 Å². The number of nitrogens with zero attached hydrogens (tertiary/aromatic N) is 1. The lowest BCUT2D eigenvalue weighted by Gasteiger charge is -2.21. The summed E-state index contributed by atoms with van der Waals surface area (Å²) in [5, 5.41) is 4.59. The van der Waals surface area contributed by atoms with Gasteiger partial charge in [-0.15, -0.1) is 11.3 Å². The Kier molecular flexibility index (Phi) is 7.13. The van der Waals surface area contributed by atoms with Crippen LogP contribution >= 0.6 is 11.3 Å². The molecule has 0 spiro atoms. The topological polar surface area (TPSA) is 34.1 Å². The Bertz CT molecular complexity index is 399. The molecule has 0 bridgehead atoms. The van der Waals surface area contributed by atoms with Crippen LogP contribution in [0.5, 0.6) is 0 Å². The molecule has 0 atom stereocenters. The van der Waals surface area contributed by atoms with Gasteiger partial charge in [0.2, 0.25) is 0 Å². The molecule has 1 aromatic rings. The Morgan fingerprint density at radius 1 is 1.30 bits per heavy atom. The van der Waals surface area contributed by atoms with Crippen molar-refractivity contribution in [2.75, 3.05) is 13.2 Å². The Morgan fingerprint density at radius 2 is 2.00 bits per heavy atom. The van der Waals surface area contributed by atoms with Crippen molar-refractivity contribution < 1.29 is 4.74 Å². The fraction of sp³-hybridized carbons (Fsp3) is 0.812. The number of aromatic nitrogens is 1. The summed E-state index contributed by atoms with van der Waals surface area (Å²) in [5.74, 6) is 0.630. The Hall–Kier alpha value is -0.450. The van der Waals surface area contributed by atoms with Gasteiger partial charge in [0.05, 0.1) is 5.69 Å². The van der Waals surface area contributed by atoms with Gasteiger partial charge < -0.3 is 10.1 Å². The minimum Gasteiger partial charge on any atom is -0.369 e. The summed E-state index contributed by atoms with van der Waals surface area (Å²) < 4.78 is 5.84. The molecule has 1 rings (SSSR count). The van der Waals surface area contributed by atoms with Gasteiger partial charge in [0.1, 0.15) is 10.6 Å². The van der Waals surface area contributed by atoms with Gasteiger partial charge in [0.25, 0.3) is 0 Å². The van der Waals surface area contributed by atoms with E-state index in [1.807, 2.05) is 6.92 Å². The highest BCUT2D eigenvalue weighted by molar-refractivity contribution is 7.11. The Morgan fingerprint density at radius 3 is 2.55 bits per heavy atom. The van der Waals surface area contributed by atoms with E-state index in [-0.39, 0.29) is 5.60 Å². The lowest BCUT2D eigenvalue weighted by Crippen LogP contribution is -2.21. The standard InChI is InChI=1S/C16H30N2OS/c1-7-9-17-11-14-13(10-12(3)4)18-15(20-14)16(5,6)19-8-2/h12,17H,7-11H2,1-6H3. The van der Waals surface area contributed by atoms with E-state index in [1.54, 1.807) is 11.3 Å².